The summed E-state index contributed by atoms with van der Waals surface area (Å²) in [5, 5.41) is 10.7. The zero-order chi connectivity index (χ0) is 14.8. The van der Waals surface area contributed by atoms with Gasteiger partial charge in [0, 0.05) is 12.7 Å². The lowest BCUT2D eigenvalue weighted by Gasteiger charge is -2.07. The van der Waals surface area contributed by atoms with Crippen molar-refractivity contribution >= 4 is 11.4 Å². The maximum absolute atomic E-state index is 10.7. The summed E-state index contributed by atoms with van der Waals surface area (Å²) in [6.07, 6.45) is 2.16. The van der Waals surface area contributed by atoms with Gasteiger partial charge in [-0.3, -0.25) is 16.0 Å². The molecule has 0 amide bonds. The first kappa shape index (κ1) is 16.4. The molecule has 7 nitrogen and oxygen atoms in total. The summed E-state index contributed by atoms with van der Waals surface area (Å²) in [4.78, 5) is 10.3. The average molecular weight is 283 g/mol. The molecule has 0 aliphatic carbocycles. The van der Waals surface area contributed by atoms with Crippen LogP contribution in [0.2, 0.25) is 0 Å². The van der Waals surface area contributed by atoms with E-state index in [0.29, 0.717) is 19.8 Å². The number of unbranched alkanes of at least 4 members (excludes halogenated alkanes) is 1. The molecule has 1 aromatic rings. The second kappa shape index (κ2) is 9.24. The maximum Gasteiger partial charge on any atom is 0.293 e. The third-order valence-electron chi connectivity index (χ3n) is 2.70. The molecule has 0 fully saturated rings. The number of hydrazine groups is 1. The number of nitrogens with one attached hydrogen (secondary N) is 1. The van der Waals surface area contributed by atoms with Crippen molar-refractivity contribution in [3.05, 3.63) is 33.9 Å². The van der Waals surface area contributed by atoms with Gasteiger partial charge in [0.2, 0.25) is 0 Å². The average Bonchev–Trinajstić information content (AvgIpc) is 2.45. The molecule has 0 radical (unpaired) electrons. The van der Waals surface area contributed by atoms with E-state index in [9.17, 15) is 10.1 Å². The highest BCUT2D eigenvalue weighted by atomic mass is 16.6. The van der Waals surface area contributed by atoms with Gasteiger partial charge in [0.1, 0.15) is 5.69 Å². The van der Waals surface area contributed by atoms with Gasteiger partial charge < -0.3 is 14.9 Å². The minimum atomic E-state index is -0.485. The second-order valence-electron chi connectivity index (χ2n) is 4.27. The zero-order valence-corrected chi connectivity index (χ0v) is 11.6. The molecule has 1 aromatic carbocycles. The SMILES string of the molecule is CCCCOCCOCc1ccc([N+](=O)[O-])c(NN)c1. The number of rotatable bonds is 10. The molecule has 1 rings (SSSR count). The second-order valence-corrected chi connectivity index (χ2v) is 4.27. The lowest BCUT2D eigenvalue weighted by atomic mass is 10.2. The summed E-state index contributed by atoms with van der Waals surface area (Å²) in [7, 11) is 0. The van der Waals surface area contributed by atoms with Crippen molar-refractivity contribution in [2.45, 2.75) is 26.4 Å². The van der Waals surface area contributed by atoms with Gasteiger partial charge in [0.15, 0.2) is 0 Å². The number of hydrogen-bond donors (Lipinski definition) is 2. The molecule has 0 unspecified atom stereocenters. The molecule has 0 heterocycles. The van der Waals surface area contributed by atoms with Crippen LogP contribution < -0.4 is 11.3 Å². The Hall–Kier alpha value is -1.70. The molecule has 0 saturated carbocycles. The number of benzene rings is 1. The first-order chi connectivity index (χ1) is 9.69. The van der Waals surface area contributed by atoms with E-state index in [2.05, 4.69) is 12.3 Å². The molecule has 3 N–H and O–H groups in total. The van der Waals surface area contributed by atoms with Crippen LogP contribution in [0, 0.1) is 10.1 Å². The van der Waals surface area contributed by atoms with E-state index in [1.54, 1.807) is 12.1 Å². The predicted molar refractivity (Wildman–Crippen MR) is 76.3 cm³/mol. The molecular weight excluding hydrogens is 262 g/mol. The minimum Gasteiger partial charge on any atom is -0.379 e. The zero-order valence-electron chi connectivity index (χ0n) is 11.6. The van der Waals surface area contributed by atoms with E-state index in [4.69, 9.17) is 15.3 Å². The first-order valence-electron chi connectivity index (χ1n) is 6.58. The Kier molecular flexibility index (Phi) is 7.56. The van der Waals surface area contributed by atoms with Crippen molar-refractivity contribution in [3.63, 3.8) is 0 Å². The van der Waals surface area contributed by atoms with E-state index in [1.165, 1.54) is 6.07 Å². The fourth-order valence-electron chi connectivity index (χ4n) is 1.60. The fraction of sp³-hybridized carbons (Fsp3) is 0.538. The Bertz CT molecular complexity index is 426. The van der Waals surface area contributed by atoms with Crippen LogP contribution >= 0.6 is 0 Å². The maximum atomic E-state index is 10.7. The van der Waals surface area contributed by atoms with Crippen LogP contribution in [0.4, 0.5) is 11.4 Å². The van der Waals surface area contributed by atoms with Gasteiger partial charge >= 0.3 is 0 Å². The highest BCUT2D eigenvalue weighted by molar-refractivity contribution is 5.61. The highest BCUT2D eigenvalue weighted by Gasteiger charge is 2.12. The van der Waals surface area contributed by atoms with Crippen LogP contribution in [0.25, 0.3) is 0 Å². The summed E-state index contributed by atoms with van der Waals surface area (Å²) in [5.41, 5.74) is 3.35. The Morgan fingerprint density at radius 3 is 2.70 bits per heavy atom. The Morgan fingerprint density at radius 1 is 1.30 bits per heavy atom. The minimum absolute atomic E-state index is 0.0563. The summed E-state index contributed by atoms with van der Waals surface area (Å²) in [6.45, 7) is 4.26. The third kappa shape index (κ3) is 5.52. The molecule has 112 valence electrons. The normalized spacial score (nSPS) is 10.5. The molecule has 0 bridgehead atoms. The number of hydrogen-bond acceptors (Lipinski definition) is 6. The molecular formula is C13H21N3O4. The highest BCUT2D eigenvalue weighted by Crippen LogP contribution is 2.24. The van der Waals surface area contributed by atoms with Gasteiger partial charge in [-0.05, 0) is 24.1 Å². The number of ether oxygens (including phenoxy) is 2. The molecule has 0 spiro atoms. The topological polar surface area (TPSA) is 99.6 Å². The van der Waals surface area contributed by atoms with Gasteiger partial charge in [-0.25, -0.2) is 0 Å². The van der Waals surface area contributed by atoms with Crippen molar-refractivity contribution in [1.82, 2.24) is 0 Å². The van der Waals surface area contributed by atoms with Crippen LogP contribution in [0.15, 0.2) is 18.2 Å². The van der Waals surface area contributed by atoms with E-state index < -0.39 is 4.92 Å². The Labute approximate surface area is 118 Å². The monoisotopic (exact) mass is 283 g/mol. The first-order valence-corrected chi connectivity index (χ1v) is 6.58. The van der Waals surface area contributed by atoms with Crippen LogP contribution in [-0.2, 0) is 16.1 Å². The van der Waals surface area contributed by atoms with Crippen LogP contribution in [0.3, 0.4) is 0 Å². The summed E-state index contributed by atoms with van der Waals surface area (Å²) >= 11 is 0. The molecule has 0 saturated heterocycles. The van der Waals surface area contributed by atoms with E-state index in [-0.39, 0.29) is 11.4 Å². The molecule has 0 aromatic heterocycles. The number of anilines is 1. The summed E-state index contributed by atoms with van der Waals surface area (Å²) in [5.74, 6) is 5.26. The van der Waals surface area contributed by atoms with Gasteiger partial charge in [0.05, 0.1) is 24.7 Å². The standard InChI is InChI=1S/C13H21N3O4/c1-2-3-6-19-7-8-20-10-11-4-5-13(16(17)18)12(9-11)15-14/h4-5,9,15H,2-3,6-8,10,14H2,1H3. The van der Waals surface area contributed by atoms with Gasteiger partial charge in [-0.1, -0.05) is 13.3 Å². The lowest BCUT2D eigenvalue weighted by Crippen LogP contribution is -2.10. The molecule has 0 aliphatic rings. The fourth-order valence-corrected chi connectivity index (χ4v) is 1.60. The van der Waals surface area contributed by atoms with Crippen LogP contribution in [-0.4, -0.2) is 24.7 Å². The van der Waals surface area contributed by atoms with Crippen molar-refractivity contribution in [3.8, 4) is 0 Å². The summed E-state index contributed by atoms with van der Waals surface area (Å²) in [6, 6.07) is 4.67. The van der Waals surface area contributed by atoms with E-state index in [0.717, 1.165) is 25.0 Å². The van der Waals surface area contributed by atoms with Crippen molar-refractivity contribution in [2.24, 2.45) is 5.84 Å². The number of nitrogens with two attached hydrogens (primary N) is 1. The van der Waals surface area contributed by atoms with E-state index >= 15 is 0 Å². The van der Waals surface area contributed by atoms with Crippen molar-refractivity contribution < 1.29 is 14.4 Å². The predicted octanol–water partition coefficient (Wildman–Crippen LogP) is 2.21. The van der Waals surface area contributed by atoms with Gasteiger partial charge in [-0.15, -0.1) is 0 Å². The largest absolute Gasteiger partial charge is 0.379 e. The van der Waals surface area contributed by atoms with Crippen LogP contribution in [0.5, 0.6) is 0 Å². The van der Waals surface area contributed by atoms with E-state index in [1.807, 2.05) is 0 Å². The van der Waals surface area contributed by atoms with Gasteiger partial charge in [-0.2, -0.15) is 0 Å². The van der Waals surface area contributed by atoms with Crippen molar-refractivity contribution in [1.29, 1.82) is 0 Å². The summed E-state index contributed by atoms with van der Waals surface area (Å²) < 4.78 is 10.8. The molecule has 0 atom stereocenters. The Morgan fingerprint density at radius 2 is 2.05 bits per heavy atom. The quantitative estimate of drug-likeness (QED) is 0.295. The van der Waals surface area contributed by atoms with Gasteiger partial charge in [0.25, 0.3) is 5.69 Å². The smallest absolute Gasteiger partial charge is 0.293 e. The number of nitro groups is 1. The third-order valence-corrected chi connectivity index (χ3v) is 2.70. The molecule has 7 heteroatoms. The van der Waals surface area contributed by atoms with Crippen molar-refractivity contribution in [2.75, 3.05) is 25.2 Å². The number of nitrogen functional groups attached to an aromatic ring is 1. The Balaban J connectivity index is 2.35. The molecule has 20 heavy (non-hydrogen) atoms. The number of nitro benzene ring substituents is 1. The lowest BCUT2D eigenvalue weighted by molar-refractivity contribution is -0.384. The molecule has 0 aliphatic heterocycles. The number of nitrogens with zero attached hydrogens (tertiary/aromatic N) is 1. The van der Waals surface area contributed by atoms with Crippen LogP contribution in [0.1, 0.15) is 25.3 Å².